The van der Waals surface area contributed by atoms with E-state index in [2.05, 4.69) is 4.99 Å². The molecule has 0 radical (unpaired) electrons. The first-order valence-corrected chi connectivity index (χ1v) is 10.6. The molecule has 0 aliphatic heterocycles. The van der Waals surface area contributed by atoms with Crippen molar-refractivity contribution >= 4 is 45.7 Å². The Morgan fingerprint density at radius 3 is 2.47 bits per heavy atom. The molecule has 0 atom stereocenters. The number of nitrogens with zero attached hydrogens (tertiary/aromatic N) is 3. The number of aromatic nitrogens is 2. The molecule has 6 nitrogen and oxygen atoms in total. The molecule has 1 aromatic heterocycles. The van der Waals surface area contributed by atoms with E-state index in [0.29, 0.717) is 26.5 Å². The molecule has 3 aromatic rings. The van der Waals surface area contributed by atoms with Gasteiger partial charge in [0.1, 0.15) is 10.6 Å². The summed E-state index contributed by atoms with van der Waals surface area (Å²) in [7, 11) is 2.76. The summed E-state index contributed by atoms with van der Waals surface area (Å²) >= 11 is 13.3. The van der Waals surface area contributed by atoms with Crippen LogP contribution in [0.2, 0.25) is 10.0 Å². The molecule has 0 bridgehead atoms. The monoisotopic (exact) mass is 463 g/mol. The lowest BCUT2D eigenvalue weighted by molar-refractivity contribution is 0.410. The van der Waals surface area contributed by atoms with Crippen LogP contribution >= 0.6 is 35.0 Å². The van der Waals surface area contributed by atoms with E-state index in [1.54, 1.807) is 18.2 Å². The molecule has 0 amide bonds. The summed E-state index contributed by atoms with van der Waals surface area (Å²) in [6.07, 6.45) is 0. The summed E-state index contributed by atoms with van der Waals surface area (Å²) in [5, 5.41) is 11.7. The standard InChI is InChI=1S/C21H19Cl2N3O3S/c1-12-5-4-6-14(9-12)24-18(30-11-13-7-8-15(22)16(23)10-13)17-19(27)25(2)21(29)26(3)20(17)28/h4-10,27H,11H2,1-3H3. The molecule has 9 heteroatoms. The largest absolute Gasteiger partial charge is 0.494 e. The Hall–Kier alpha value is -2.48. The van der Waals surface area contributed by atoms with Gasteiger partial charge in [-0.15, -0.1) is 11.8 Å². The maximum Gasteiger partial charge on any atom is 0.333 e. The van der Waals surface area contributed by atoms with Gasteiger partial charge in [-0.25, -0.2) is 9.79 Å². The Kier molecular flexibility index (Phi) is 6.75. The van der Waals surface area contributed by atoms with Crippen LogP contribution in [0.5, 0.6) is 5.88 Å². The Morgan fingerprint density at radius 2 is 1.80 bits per heavy atom. The van der Waals surface area contributed by atoms with E-state index >= 15 is 0 Å². The molecule has 1 N–H and O–H groups in total. The number of rotatable bonds is 4. The maximum atomic E-state index is 12.8. The highest BCUT2D eigenvalue weighted by Gasteiger charge is 2.21. The molecule has 2 aromatic carbocycles. The number of halogens is 2. The summed E-state index contributed by atoms with van der Waals surface area (Å²) in [5.74, 6) is -0.0105. The molecule has 0 fully saturated rings. The third kappa shape index (κ3) is 4.64. The molecule has 0 spiro atoms. The molecule has 0 aliphatic carbocycles. The summed E-state index contributed by atoms with van der Waals surface area (Å²) in [4.78, 5) is 29.6. The summed E-state index contributed by atoms with van der Waals surface area (Å²) in [5.41, 5.74) is 1.22. The normalized spacial score (nSPS) is 11.7. The minimum Gasteiger partial charge on any atom is -0.494 e. The Labute approximate surface area is 187 Å². The zero-order chi connectivity index (χ0) is 22.0. The van der Waals surface area contributed by atoms with Gasteiger partial charge in [-0.1, -0.05) is 41.4 Å². The third-order valence-electron chi connectivity index (χ3n) is 4.44. The molecule has 156 valence electrons. The lowest BCUT2D eigenvalue weighted by atomic mass is 10.2. The van der Waals surface area contributed by atoms with Crippen molar-refractivity contribution in [2.75, 3.05) is 0 Å². The molecule has 0 unspecified atom stereocenters. The quantitative estimate of drug-likeness (QED) is 0.458. The number of thioether (sulfide) groups is 1. The fourth-order valence-electron chi connectivity index (χ4n) is 2.78. The van der Waals surface area contributed by atoms with Crippen LogP contribution in [-0.4, -0.2) is 19.3 Å². The van der Waals surface area contributed by atoms with Crippen LogP contribution in [0.15, 0.2) is 57.0 Å². The van der Waals surface area contributed by atoms with Crippen LogP contribution in [0.25, 0.3) is 0 Å². The molecule has 0 saturated carbocycles. The van der Waals surface area contributed by atoms with Crippen molar-refractivity contribution in [3.63, 3.8) is 0 Å². The van der Waals surface area contributed by atoms with Gasteiger partial charge in [-0.3, -0.25) is 13.9 Å². The maximum absolute atomic E-state index is 12.8. The van der Waals surface area contributed by atoms with Gasteiger partial charge >= 0.3 is 5.69 Å². The van der Waals surface area contributed by atoms with Crippen molar-refractivity contribution in [3.05, 3.63) is 90.0 Å². The minimum atomic E-state index is -0.622. The van der Waals surface area contributed by atoms with Gasteiger partial charge in [0.05, 0.1) is 15.7 Å². The molecule has 0 saturated heterocycles. The van der Waals surface area contributed by atoms with Crippen LogP contribution < -0.4 is 11.2 Å². The van der Waals surface area contributed by atoms with E-state index in [0.717, 1.165) is 20.3 Å². The zero-order valence-corrected chi connectivity index (χ0v) is 18.8. The lowest BCUT2D eigenvalue weighted by Crippen LogP contribution is -2.39. The van der Waals surface area contributed by atoms with Gasteiger partial charge < -0.3 is 5.11 Å². The van der Waals surface area contributed by atoms with Crippen molar-refractivity contribution in [2.45, 2.75) is 12.7 Å². The topological polar surface area (TPSA) is 76.6 Å². The van der Waals surface area contributed by atoms with Crippen molar-refractivity contribution < 1.29 is 5.11 Å². The first-order valence-electron chi connectivity index (χ1n) is 8.90. The van der Waals surface area contributed by atoms with Gasteiger partial charge in [0.25, 0.3) is 5.56 Å². The smallest absolute Gasteiger partial charge is 0.333 e. The summed E-state index contributed by atoms with van der Waals surface area (Å²) in [6.45, 7) is 1.93. The first-order chi connectivity index (χ1) is 14.2. The second-order valence-electron chi connectivity index (χ2n) is 6.70. The Morgan fingerprint density at radius 1 is 1.07 bits per heavy atom. The van der Waals surface area contributed by atoms with E-state index in [4.69, 9.17) is 23.2 Å². The van der Waals surface area contributed by atoms with Gasteiger partial charge in [-0.2, -0.15) is 0 Å². The second kappa shape index (κ2) is 9.12. The number of aliphatic imine (C=N–C) groups is 1. The highest BCUT2D eigenvalue weighted by molar-refractivity contribution is 8.13. The van der Waals surface area contributed by atoms with E-state index < -0.39 is 17.1 Å². The fourth-order valence-corrected chi connectivity index (χ4v) is 4.07. The molecule has 1 heterocycles. The van der Waals surface area contributed by atoms with Gasteiger partial charge in [0, 0.05) is 19.8 Å². The van der Waals surface area contributed by atoms with E-state index in [9.17, 15) is 14.7 Å². The van der Waals surface area contributed by atoms with Crippen LogP contribution in [-0.2, 0) is 19.8 Å². The van der Waals surface area contributed by atoms with Crippen LogP contribution in [0, 0.1) is 6.92 Å². The lowest BCUT2D eigenvalue weighted by Gasteiger charge is -2.13. The Balaban J connectivity index is 2.12. The number of hydrogen-bond acceptors (Lipinski definition) is 5. The highest BCUT2D eigenvalue weighted by atomic mass is 35.5. The van der Waals surface area contributed by atoms with E-state index in [1.807, 2.05) is 31.2 Å². The molecule has 30 heavy (non-hydrogen) atoms. The number of benzene rings is 2. The molecule has 3 rings (SSSR count). The number of aromatic hydroxyl groups is 1. The Bertz CT molecular complexity index is 1270. The van der Waals surface area contributed by atoms with Crippen LogP contribution in [0.3, 0.4) is 0 Å². The molecular weight excluding hydrogens is 445 g/mol. The average Bonchev–Trinajstić information content (AvgIpc) is 2.71. The van der Waals surface area contributed by atoms with Crippen molar-refractivity contribution in [3.8, 4) is 5.88 Å². The predicted octanol–water partition coefficient (Wildman–Crippen LogP) is 4.42. The summed E-state index contributed by atoms with van der Waals surface area (Å²) in [6, 6.07) is 12.7. The highest BCUT2D eigenvalue weighted by Crippen LogP contribution is 2.28. The van der Waals surface area contributed by atoms with Gasteiger partial charge in [0.2, 0.25) is 5.88 Å². The van der Waals surface area contributed by atoms with E-state index in [-0.39, 0.29) is 5.56 Å². The predicted molar refractivity (Wildman–Crippen MR) is 124 cm³/mol. The SMILES string of the molecule is Cc1cccc(N=C(SCc2ccc(Cl)c(Cl)c2)c2c(O)n(C)c(=O)n(C)c2=O)c1. The zero-order valence-electron chi connectivity index (χ0n) is 16.5. The average molecular weight is 464 g/mol. The first kappa shape index (κ1) is 22.2. The van der Waals surface area contributed by atoms with Crippen molar-refractivity contribution in [2.24, 2.45) is 19.1 Å². The fraction of sp³-hybridized carbons (Fsp3) is 0.190. The number of aryl methyl sites for hydroxylation is 1. The molecule has 0 aliphatic rings. The summed E-state index contributed by atoms with van der Waals surface area (Å²) < 4.78 is 1.96. The minimum absolute atomic E-state index is 0.0360. The van der Waals surface area contributed by atoms with Gasteiger partial charge in [0.15, 0.2) is 0 Å². The van der Waals surface area contributed by atoms with Gasteiger partial charge in [-0.05, 0) is 42.3 Å². The van der Waals surface area contributed by atoms with Crippen molar-refractivity contribution in [1.29, 1.82) is 0 Å². The van der Waals surface area contributed by atoms with Crippen LogP contribution in [0.1, 0.15) is 16.7 Å². The number of hydrogen-bond donors (Lipinski definition) is 1. The molecular formula is C21H19Cl2N3O3S. The van der Waals surface area contributed by atoms with Crippen molar-refractivity contribution in [1.82, 2.24) is 9.13 Å². The second-order valence-corrected chi connectivity index (χ2v) is 8.48. The van der Waals surface area contributed by atoms with E-state index in [1.165, 1.54) is 25.9 Å². The third-order valence-corrected chi connectivity index (χ3v) is 6.22. The van der Waals surface area contributed by atoms with Crippen LogP contribution in [0.4, 0.5) is 5.69 Å².